The predicted molar refractivity (Wildman–Crippen MR) is 83.0 cm³/mol. The summed E-state index contributed by atoms with van der Waals surface area (Å²) in [6, 6.07) is 5.71. The lowest BCUT2D eigenvalue weighted by Crippen LogP contribution is -2.41. The Balaban J connectivity index is 1.99. The first-order valence-electron chi connectivity index (χ1n) is 6.68. The Morgan fingerprint density at radius 3 is 2.41 bits per heavy atom. The molecule has 0 saturated heterocycles. The van der Waals surface area contributed by atoms with Crippen LogP contribution in [0.1, 0.15) is 28.7 Å². The minimum absolute atomic E-state index is 0.349. The van der Waals surface area contributed by atoms with Crippen LogP contribution in [0, 0.1) is 13.8 Å². The maximum absolute atomic E-state index is 12.1. The highest BCUT2D eigenvalue weighted by molar-refractivity contribution is 6.30. The molecule has 0 bridgehead atoms. The van der Waals surface area contributed by atoms with Crippen molar-refractivity contribution in [2.24, 2.45) is 0 Å². The van der Waals surface area contributed by atoms with Crippen molar-refractivity contribution in [2.45, 2.75) is 26.8 Å². The molecule has 7 heteroatoms. The van der Waals surface area contributed by atoms with Crippen molar-refractivity contribution in [3.8, 4) is 0 Å². The zero-order valence-electron chi connectivity index (χ0n) is 12.4. The van der Waals surface area contributed by atoms with E-state index in [0.717, 1.165) is 0 Å². The largest absolute Gasteiger partial charge is 0.359 e. The van der Waals surface area contributed by atoms with Crippen molar-refractivity contribution >= 4 is 29.1 Å². The van der Waals surface area contributed by atoms with Gasteiger partial charge in [-0.15, -0.1) is 0 Å². The zero-order valence-corrected chi connectivity index (χ0v) is 13.2. The molecule has 0 radical (unpaired) electrons. The van der Waals surface area contributed by atoms with Crippen molar-refractivity contribution in [1.82, 2.24) is 10.5 Å². The van der Waals surface area contributed by atoms with Crippen LogP contribution in [-0.2, 0) is 4.79 Å². The van der Waals surface area contributed by atoms with Gasteiger partial charge in [-0.2, -0.15) is 0 Å². The Kier molecular flexibility index (Phi) is 4.82. The molecule has 0 fully saturated rings. The van der Waals surface area contributed by atoms with E-state index in [9.17, 15) is 9.59 Å². The first-order chi connectivity index (χ1) is 10.4. The average molecular weight is 322 g/mol. The van der Waals surface area contributed by atoms with E-state index in [4.69, 9.17) is 16.1 Å². The number of aryl methyl sites for hydroxylation is 2. The van der Waals surface area contributed by atoms with Crippen molar-refractivity contribution in [1.29, 1.82) is 0 Å². The highest BCUT2D eigenvalue weighted by Crippen LogP contribution is 2.18. The summed E-state index contributed by atoms with van der Waals surface area (Å²) >= 11 is 5.77. The molecule has 6 nitrogen and oxygen atoms in total. The lowest BCUT2D eigenvalue weighted by molar-refractivity contribution is -0.117. The molecule has 1 aromatic carbocycles. The smallest absolute Gasteiger partial charge is 0.251 e. The van der Waals surface area contributed by atoms with E-state index in [0.29, 0.717) is 27.7 Å². The molecule has 2 N–H and O–H groups in total. The van der Waals surface area contributed by atoms with Crippen molar-refractivity contribution < 1.29 is 14.1 Å². The molecule has 1 heterocycles. The normalized spacial score (nSPS) is 11.8. The van der Waals surface area contributed by atoms with Crippen molar-refractivity contribution in [3.63, 3.8) is 0 Å². The summed E-state index contributed by atoms with van der Waals surface area (Å²) < 4.78 is 4.97. The van der Waals surface area contributed by atoms with E-state index in [-0.39, 0.29) is 11.8 Å². The number of carbonyl (C=O) groups excluding carboxylic acids is 2. The topological polar surface area (TPSA) is 84.2 Å². The molecular formula is C15H16ClN3O3. The van der Waals surface area contributed by atoms with E-state index in [2.05, 4.69) is 15.8 Å². The van der Waals surface area contributed by atoms with Crippen LogP contribution in [0.15, 0.2) is 28.8 Å². The second kappa shape index (κ2) is 6.62. The number of benzene rings is 1. The summed E-state index contributed by atoms with van der Waals surface area (Å²) in [6.07, 6.45) is 0. The molecule has 0 aliphatic carbocycles. The SMILES string of the molecule is Cc1noc(C)c1NC(=O)C(C)NC(=O)c1ccc(Cl)cc1. The van der Waals surface area contributed by atoms with Crippen LogP contribution in [-0.4, -0.2) is 23.0 Å². The van der Waals surface area contributed by atoms with E-state index in [1.807, 2.05) is 0 Å². The number of nitrogens with one attached hydrogen (secondary N) is 2. The molecular weight excluding hydrogens is 306 g/mol. The van der Waals surface area contributed by atoms with Gasteiger partial charge in [-0.1, -0.05) is 16.8 Å². The molecule has 2 rings (SSSR count). The molecule has 116 valence electrons. The van der Waals surface area contributed by atoms with Gasteiger partial charge >= 0.3 is 0 Å². The maximum atomic E-state index is 12.1. The zero-order chi connectivity index (χ0) is 16.3. The van der Waals surface area contributed by atoms with Gasteiger partial charge in [0.1, 0.15) is 17.4 Å². The fraction of sp³-hybridized carbons (Fsp3) is 0.267. The van der Waals surface area contributed by atoms with Gasteiger partial charge in [-0.25, -0.2) is 0 Å². The molecule has 0 aliphatic rings. The predicted octanol–water partition coefficient (Wildman–Crippen LogP) is 2.70. The van der Waals surface area contributed by atoms with Crippen molar-refractivity contribution in [3.05, 3.63) is 46.3 Å². The Morgan fingerprint density at radius 2 is 1.86 bits per heavy atom. The molecule has 22 heavy (non-hydrogen) atoms. The summed E-state index contributed by atoms with van der Waals surface area (Å²) in [7, 11) is 0. The van der Waals surface area contributed by atoms with Gasteiger partial charge in [0.15, 0.2) is 5.76 Å². The summed E-state index contributed by atoms with van der Waals surface area (Å²) in [4.78, 5) is 24.2. The number of hydrogen-bond acceptors (Lipinski definition) is 4. The van der Waals surface area contributed by atoms with Gasteiger partial charge in [-0.05, 0) is 45.0 Å². The third-order valence-corrected chi connectivity index (χ3v) is 3.38. The molecule has 0 aliphatic heterocycles. The Hall–Kier alpha value is -2.34. The van der Waals surface area contributed by atoms with E-state index >= 15 is 0 Å². The molecule has 2 amide bonds. The summed E-state index contributed by atoms with van der Waals surface area (Å²) in [5.74, 6) is -0.183. The van der Waals surface area contributed by atoms with Gasteiger partial charge in [-0.3, -0.25) is 9.59 Å². The quantitative estimate of drug-likeness (QED) is 0.906. The van der Waals surface area contributed by atoms with Crippen LogP contribution < -0.4 is 10.6 Å². The number of halogens is 1. The standard InChI is InChI=1S/C15H16ClN3O3/c1-8-13(10(3)22-19-8)18-14(20)9(2)17-15(21)11-4-6-12(16)7-5-11/h4-7,9H,1-3H3,(H,17,21)(H,18,20). The van der Waals surface area contributed by atoms with Crippen LogP contribution in [0.2, 0.25) is 5.02 Å². The fourth-order valence-electron chi connectivity index (χ4n) is 1.84. The van der Waals surface area contributed by atoms with E-state index in [1.165, 1.54) is 0 Å². The summed E-state index contributed by atoms with van der Waals surface area (Å²) in [5.41, 5.74) is 1.54. The lowest BCUT2D eigenvalue weighted by atomic mass is 10.2. The first-order valence-corrected chi connectivity index (χ1v) is 7.06. The number of hydrogen-bond donors (Lipinski definition) is 2. The van der Waals surface area contributed by atoms with Crippen LogP contribution >= 0.6 is 11.6 Å². The van der Waals surface area contributed by atoms with Gasteiger partial charge in [0.2, 0.25) is 5.91 Å². The second-order valence-corrected chi connectivity index (χ2v) is 5.33. The van der Waals surface area contributed by atoms with Crippen molar-refractivity contribution in [2.75, 3.05) is 5.32 Å². The Labute approximate surface area is 132 Å². The minimum Gasteiger partial charge on any atom is -0.359 e. The Bertz CT molecular complexity index is 675. The number of anilines is 1. The van der Waals surface area contributed by atoms with Gasteiger partial charge in [0.25, 0.3) is 5.91 Å². The van der Waals surface area contributed by atoms with E-state index < -0.39 is 6.04 Å². The fourth-order valence-corrected chi connectivity index (χ4v) is 1.97. The minimum atomic E-state index is -0.711. The number of amides is 2. The average Bonchev–Trinajstić information content (AvgIpc) is 2.79. The second-order valence-electron chi connectivity index (χ2n) is 4.89. The third-order valence-electron chi connectivity index (χ3n) is 3.13. The summed E-state index contributed by atoms with van der Waals surface area (Å²) in [6.45, 7) is 5.02. The number of carbonyl (C=O) groups is 2. The van der Waals surface area contributed by atoms with E-state index in [1.54, 1.807) is 45.0 Å². The highest BCUT2D eigenvalue weighted by atomic mass is 35.5. The van der Waals surface area contributed by atoms with Crippen LogP contribution in [0.3, 0.4) is 0 Å². The molecule has 0 saturated carbocycles. The first kappa shape index (κ1) is 16.0. The van der Waals surface area contributed by atoms with Crippen LogP contribution in [0.25, 0.3) is 0 Å². The molecule has 1 unspecified atom stereocenters. The molecule has 2 aromatic rings. The molecule has 0 spiro atoms. The highest BCUT2D eigenvalue weighted by Gasteiger charge is 2.19. The number of nitrogens with zero attached hydrogens (tertiary/aromatic N) is 1. The number of aromatic nitrogens is 1. The monoisotopic (exact) mass is 321 g/mol. The van der Waals surface area contributed by atoms with Crippen LogP contribution in [0.4, 0.5) is 5.69 Å². The Morgan fingerprint density at radius 1 is 1.23 bits per heavy atom. The number of rotatable bonds is 4. The maximum Gasteiger partial charge on any atom is 0.251 e. The van der Waals surface area contributed by atoms with Crippen LogP contribution in [0.5, 0.6) is 0 Å². The lowest BCUT2D eigenvalue weighted by Gasteiger charge is -2.14. The van der Waals surface area contributed by atoms with Gasteiger partial charge < -0.3 is 15.2 Å². The summed E-state index contributed by atoms with van der Waals surface area (Å²) in [5, 5.41) is 9.61. The molecule has 1 atom stereocenters. The third kappa shape index (κ3) is 3.65. The molecule has 1 aromatic heterocycles. The van der Waals surface area contributed by atoms with Gasteiger partial charge in [0, 0.05) is 10.6 Å². The van der Waals surface area contributed by atoms with Gasteiger partial charge in [0.05, 0.1) is 0 Å².